The van der Waals surface area contributed by atoms with Crippen LogP contribution in [0.4, 0.5) is 0 Å². The number of hydrogen-bond acceptors (Lipinski definition) is 1. The van der Waals surface area contributed by atoms with Gasteiger partial charge in [0.15, 0.2) is 0 Å². The first kappa shape index (κ1) is 15.1. The third kappa shape index (κ3) is 3.50. The Balaban J connectivity index is 1.76. The number of hydrogen-bond donors (Lipinski definition) is 0. The summed E-state index contributed by atoms with van der Waals surface area (Å²) in [5.41, 5.74) is 2.24. The first-order valence-electron chi connectivity index (χ1n) is 7.69. The molecule has 1 aliphatic rings. The average Bonchev–Trinajstić information content (AvgIpc) is 3.35. The Hall–Kier alpha value is -1.80. The van der Waals surface area contributed by atoms with Crippen LogP contribution in [0.5, 0.6) is 0 Å². The zero-order chi connectivity index (χ0) is 15.5. The fraction of sp³-hybridized carbons (Fsp3) is 0.316. The Morgan fingerprint density at radius 2 is 1.77 bits per heavy atom. The van der Waals surface area contributed by atoms with Gasteiger partial charge >= 0.3 is 0 Å². The van der Waals surface area contributed by atoms with Gasteiger partial charge in [-0.2, -0.15) is 0 Å². The van der Waals surface area contributed by atoms with Crippen molar-refractivity contribution in [1.82, 2.24) is 4.90 Å². The summed E-state index contributed by atoms with van der Waals surface area (Å²) in [6.07, 6.45) is 2.27. The van der Waals surface area contributed by atoms with E-state index in [1.54, 1.807) is 0 Å². The monoisotopic (exact) mass is 313 g/mol. The second kappa shape index (κ2) is 6.53. The van der Waals surface area contributed by atoms with Gasteiger partial charge in [0, 0.05) is 18.6 Å². The van der Waals surface area contributed by atoms with Crippen LogP contribution in [-0.4, -0.2) is 17.9 Å². The minimum atomic E-state index is -0.0361. The number of amides is 1. The molecule has 2 nitrogen and oxygen atoms in total. The molecule has 0 spiro atoms. The highest BCUT2D eigenvalue weighted by molar-refractivity contribution is 6.30. The molecule has 1 aliphatic carbocycles. The molecule has 1 atom stereocenters. The van der Waals surface area contributed by atoms with Gasteiger partial charge in [-0.3, -0.25) is 4.79 Å². The van der Waals surface area contributed by atoms with Gasteiger partial charge in [-0.25, -0.2) is 0 Å². The zero-order valence-corrected chi connectivity index (χ0v) is 13.5. The molecule has 3 heteroatoms. The predicted molar refractivity (Wildman–Crippen MR) is 89.8 cm³/mol. The lowest BCUT2D eigenvalue weighted by Crippen LogP contribution is -2.32. The van der Waals surface area contributed by atoms with Crippen LogP contribution in [0, 0.1) is 5.92 Å². The third-order valence-corrected chi connectivity index (χ3v) is 4.48. The fourth-order valence-corrected chi connectivity index (χ4v) is 3.01. The van der Waals surface area contributed by atoms with Crippen molar-refractivity contribution in [3.63, 3.8) is 0 Å². The van der Waals surface area contributed by atoms with Gasteiger partial charge in [0.05, 0.1) is 5.92 Å². The van der Waals surface area contributed by atoms with Gasteiger partial charge in [0.25, 0.3) is 0 Å². The van der Waals surface area contributed by atoms with Gasteiger partial charge < -0.3 is 4.90 Å². The van der Waals surface area contributed by atoms with E-state index in [4.69, 9.17) is 11.6 Å². The molecule has 114 valence electrons. The second-order valence-corrected chi connectivity index (χ2v) is 6.48. The molecular formula is C19H20ClNO. The average molecular weight is 314 g/mol. The highest BCUT2D eigenvalue weighted by Crippen LogP contribution is 2.43. The van der Waals surface area contributed by atoms with Crippen LogP contribution in [0.25, 0.3) is 0 Å². The van der Waals surface area contributed by atoms with Crippen molar-refractivity contribution in [2.75, 3.05) is 7.05 Å². The number of benzene rings is 2. The summed E-state index contributed by atoms with van der Waals surface area (Å²) < 4.78 is 0. The Morgan fingerprint density at radius 1 is 1.14 bits per heavy atom. The van der Waals surface area contributed by atoms with E-state index < -0.39 is 0 Å². The summed E-state index contributed by atoms with van der Waals surface area (Å²) in [4.78, 5) is 14.7. The highest BCUT2D eigenvalue weighted by atomic mass is 35.5. The quantitative estimate of drug-likeness (QED) is 0.796. The lowest BCUT2D eigenvalue weighted by atomic mass is 9.92. The topological polar surface area (TPSA) is 20.3 Å². The van der Waals surface area contributed by atoms with Crippen LogP contribution in [0.3, 0.4) is 0 Å². The maximum absolute atomic E-state index is 12.9. The molecule has 1 fully saturated rings. The highest BCUT2D eigenvalue weighted by Gasteiger charge is 2.38. The summed E-state index contributed by atoms with van der Waals surface area (Å²) in [7, 11) is 1.89. The zero-order valence-electron chi connectivity index (χ0n) is 12.7. The molecule has 0 aliphatic heterocycles. The van der Waals surface area contributed by atoms with Gasteiger partial charge in [0.1, 0.15) is 0 Å². The molecule has 22 heavy (non-hydrogen) atoms. The third-order valence-electron chi connectivity index (χ3n) is 4.23. The Morgan fingerprint density at radius 3 is 2.36 bits per heavy atom. The van der Waals surface area contributed by atoms with E-state index in [1.165, 1.54) is 0 Å². The molecule has 1 amide bonds. The Labute approximate surface area is 136 Å². The molecule has 2 aromatic carbocycles. The standard InChI is InChI=1S/C19H20ClNO/c1-21(13-14-5-3-2-4-6-14)19(22)18(15-7-8-15)16-9-11-17(20)12-10-16/h2-6,9-12,15,18H,7-8,13H2,1H3. The lowest BCUT2D eigenvalue weighted by molar-refractivity contribution is -0.132. The van der Waals surface area contributed by atoms with Crippen molar-refractivity contribution >= 4 is 17.5 Å². The molecule has 2 aromatic rings. The summed E-state index contributed by atoms with van der Waals surface area (Å²) in [5.74, 6) is 0.645. The van der Waals surface area contributed by atoms with Crippen molar-refractivity contribution in [3.8, 4) is 0 Å². The molecular weight excluding hydrogens is 294 g/mol. The maximum atomic E-state index is 12.9. The van der Waals surface area contributed by atoms with Crippen molar-refractivity contribution < 1.29 is 4.79 Å². The summed E-state index contributed by atoms with van der Waals surface area (Å²) in [6, 6.07) is 17.8. The fourth-order valence-electron chi connectivity index (χ4n) is 2.89. The van der Waals surface area contributed by atoms with Crippen molar-refractivity contribution in [1.29, 1.82) is 0 Å². The second-order valence-electron chi connectivity index (χ2n) is 6.05. The SMILES string of the molecule is CN(Cc1ccccc1)C(=O)C(c1ccc(Cl)cc1)C1CC1. The van der Waals surface area contributed by atoms with Gasteiger partial charge in [-0.15, -0.1) is 0 Å². The smallest absolute Gasteiger partial charge is 0.230 e. The van der Waals surface area contributed by atoms with Gasteiger partial charge in [0.2, 0.25) is 5.91 Å². The molecule has 0 heterocycles. The summed E-state index contributed by atoms with van der Waals surface area (Å²) in [6.45, 7) is 0.649. The van der Waals surface area contributed by atoms with Crippen LogP contribution in [0.1, 0.15) is 29.9 Å². The predicted octanol–water partition coefficient (Wildman–Crippen LogP) is 4.49. The molecule has 0 saturated heterocycles. The van der Waals surface area contributed by atoms with Gasteiger partial charge in [-0.1, -0.05) is 54.1 Å². The van der Waals surface area contributed by atoms with E-state index >= 15 is 0 Å². The number of likely N-dealkylation sites (N-methyl/N-ethyl adjacent to an activating group) is 1. The molecule has 0 radical (unpaired) electrons. The first-order chi connectivity index (χ1) is 10.6. The van der Waals surface area contributed by atoms with Crippen LogP contribution in [0.2, 0.25) is 5.02 Å². The normalized spacial score (nSPS) is 15.4. The van der Waals surface area contributed by atoms with E-state index in [0.717, 1.165) is 24.0 Å². The van der Waals surface area contributed by atoms with E-state index in [1.807, 2.05) is 54.4 Å². The van der Waals surface area contributed by atoms with Crippen molar-refractivity contribution in [3.05, 3.63) is 70.7 Å². The van der Waals surface area contributed by atoms with Crippen LogP contribution in [0.15, 0.2) is 54.6 Å². The lowest BCUT2D eigenvalue weighted by Gasteiger charge is -2.24. The Bertz CT molecular complexity index is 634. The minimum Gasteiger partial charge on any atom is -0.341 e. The van der Waals surface area contributed by atoms with E-state index in [9.17, 15) is 4.79 Å². The number of halogens is 1. The largest absolute Gasteiger partial charge is 0.341 e. The molecule has 1 unspecified atom stereocenters. The molecule has 0 aromatic heterocycles. The summed E-state index contributed by atoms with van der Waals surface area (Å²) in [5, 5.41) is 0.711. The van der Waals surface area contributed by atoms with Gasteiger partial charge in [-0.05, 0) is 42.0 Å². The van der Waals surface area contributed by atoms with E-state index in [2.05, 4.69) is 12.1 Å². The van der Waals surface area contributed by atoms with Crippen molar-refractivity contribution in [2.24, 2.45) is 5.92 Å². The van der Waals surface area contributed by atoms with Crippen molar-refractivity contribution in [2.45, 2.75) is 25.3 Å². The number of carbonyl (C=O) groups is 1. The number of nitrogens with zero attached hydrogens (tertiary/aromatic N) is 1. The Kier molecular flexibility index (Phi) is 4.49. The molecule has 0 N–H and O–H groups in total. The molecule has 1 saturated carbocycles. The molecule has 0 bridgehead atoms. The molecule has 3 rings (SSSR count). The number of carbonyl (C=O) groups excluding carboxylic acids is 1. The first-order valence-corrected chi connectivity index (χ1v) is 8.07. The van der Waals surface area contributed by atoms with Crippen LogP contribution < -0.4 is 0 Å². The van der Waals surface area contributed by atoms with E-state index in [0.29, 0.717) is 17.5 Å². The minimum absolute atomic E-state index is 0.0361. The maximum Gasteiger partial charge on any atom is 0.230 e. The number of rotatable bonds is 5. The summed E-state index contributed by atoms with van der Waals surface area (Å²) >= 11 is 5.97. The van der Waals surface area contributed by atoms with Crippen LogP contribution >= 0.6 is 11.6 Å². The van der Waals surface area contributed by atoms with Crippen LogP contribution in [-0.2, 0) is 11.3 Å². The van der Waals surface area contributed by atoms with E-state index in [-0.39, 0.29) is 11.8 Å².